The highest BCUT2D eigenvalue weighted by molar-refractivity contribution is 9.11. The van der Waals surface area contributed by atoms with Crippen LogP contribution in [-0.2, 0) is 14.8 Å². The zero-order valence-corrected chi connectivity index (χ0v) is 15.2. The minimum absolute atomic E-state index is 0.261. The molecule has 1 fully saturated rings. The SMILES string of the molecule is CN(CCOCC1CC1)S(=O)(=O)c1cc(Br)ccc1Br. The number of likely N-dealkylation sites (N-methyl/N-ethyl adjacent to an activating group) is 1. The number of hydrogen-bond donors (Lipinski definition) is 0. The van der Waals surface area contributed by atoms with Crippen LogP contribution in [0.5, 0.6) is 0 Å². The summed E-state index contributed by atoms with van der Waals surface area (Å²) in [5.74, 6) is 0.691. The summed E-state index contributed by atoms with van der Waals surface area (Å²) in [7, 11) is -1.93. The topological polar surface area (TPSA) is 46.6 Å². The second-order valence-electron chi connectivity index (χ2n) is 4.92. The van der Waals surface area contributed by atoms with Gasteiger partial charge in [-0.05, 0) is 52.9 Å². The summed E-state index contributed by atoms with van der Waals surface area (Å²) in [5, 5.41) is 0. The average Bonchev–Trinajstić information content (AvgIpc) is 3.21. The highest BCUT2D eigenvalue weighted by Gasteiger charge is 2.24. The molecule has 1 aromatic carbocycles. The van der Waals surface area contributed by atoms with Gasteiger partial charge in [-0.25, -0.2) is 8.42 Å². The molecular weight excluding hydrogens is 410 g/mol. The number of sulfonamides is 1. The summed E-state index contributed by atoms with van der Waals surface area (Å²) in [4.78, 5) is 0.261. The molecule has 7 heteroatoms. The van der Waals surface area contributed by atoms with Crippen LogP contribution < -0.4 is 0 Å². The van der Waals surface area contributed by atoms with E-state index in [-0.39, 0.29) is 4.90 Å². The Bertz CT molecular complexity index is 573. The molecule has 0 bridgehead atoms. The Hall–Kier alpha value is 0.0500. The van der Waals surface area contributed by atoms with Gasteiger partial charge in [0.1, 0.15) is 0 Å². The zero-order chi connectivity index (χ0) is 14.8. The first kappa shape index (κ1) is 16.4. The van der Waals surface area contributed by atoms with Gasteiger partial charge in [0.15, 0.2) is 0 Å². The summed E-state index contributed by atoms with van der Waals surface area (Å²) in [5.41, 5.74) is 0. The Morgan fingerprint density at radius 2 is 2.05 bits per heavy atom. The quantitative estimate of drug-likeness (QED) is 0.628. The number of hydrogen-bond acceptors (Lipinski definition) is 3. The molecule has 0 heterocycles. The van der Waals surface area contributed by atoms with Crippen LogP contribution >= 0.6 is 31.9 Å². The Morgan fingerprint density at radius 1 is 1.35 bits per heavy atom. The lowest BCUT2D eigenvalue weighted by Gasteiger charge is -2.18. The van der Waals surface area contributed by atoms with Crippen LogP contribution in [0.1, 0.15) is 12.8 Å². The van der Waals surface area contributed by atoms with Gasteiger partial charge in [0, 0.05) is 29.1 Å². The van der Waals surface area contributed by atoms with Gasteiger partial charge in [0.25, 0.3) is 0 Å². The molecule has 0 aliphatic heterocycles. The molecule has 20 heavy (non-hydrogen) atoms. The van der Waals surface area contributed by atoms with E-state index >= 15 is 0 Å². The van der Waals surface area contributed by atoms with Crippen molar-refractivity contribution >= 4 is 41.9 Å². The fourth-order valence-corrected chi connectivity index (χ4v) is 4.30. The van der Waals surface area contributed by atoms with E-state index in [0.717, 1.165) is 11.1 Å². The van der Waals surface area contributed by atoms with Crippen LogP contribution in [0.3, 0.4) is 0 Å². The molecule has 2 rings (SSSR count). The molecule has 0 aromatic heterocycles. The number of nitrogens with zero attached hydrogens (tertiary/aromatic N) is 1. The largest absolute Gasteiger partial charge is 0.380 e. The number of rotatable bonds is 7. The third-order valence-corrected chi connectivity index (χ3v) is 6.53. The monoisotopic (exact) mass is 425 g/mol. The van der Waals surface area contributed by atoms with E-state index in [1.54, 1.807) is 25.2 Å². The molecular formula is C13H17Br2NO3S. The van der Waals surface area contributed by atoms with Gasteiger partial charge in [-0.3, -0.25) is 0 Å². The Balaban J connectivity index is 1.98. The first-order valence-electron chi connectivity index (χ1n) is 6.40. The molecule has 1 aliphatic rings. The van der Waals surface area contributed by atoms with Gasteiger partial charge in [-0.15, -0.1) is 0 Å². The van der Waals surface area contributed by atoms with E-state index in [1.807, 2.05) is 0 Å². The Labute approximate surface area is 136 Å². The van der Waals surface area contributed by atoms with Crippen molar-refractivity contribution in [3.05, 3.63) is 27.1 Å². The van der Waals surface area contributed by atoms with Gasteiger partial charge in [0.2, 0.25) is 10.0 Å². The van der Waals surface area contributed by atoms with Crippen LogP contribution in [0.25, 0.3) is 0 Å². The van der Waals surface area contributed by atoms with Crippen molar-refractivity contribution in [3.8, 4) is 0 Å². The lowest BCUT2D eigenvalue weighted by atomic mass is 10.4. The van der Waals surface area contributed by atoms with Gasteiger partial charge < -0.3 is 4.74 Å². The maximum atomic E-state index is 12.5. The second-order valence-corrected chi connectivity index (χ2v) is 8.70. The summed E-state index contributed by atoms with van der Waals surface area (Å²) < 4.78 is 33.0. The van der Waals surface area contributed by atoms with E-state index < -0.39 is 10.0 Å². The summed E-state index contributed by atoms with van der Waals surface area (Å²) >= 11 is 6.58. The maximum absolute atomic E-state index is 12.5. The molecule has 112 valence electrons. The third kappa shape index (κ3) is 4.27. The molecule has 0 atom stereocenters. The fourth-order valence-electron chi connectivity index (χ4n) is 1.69. The van der Waals surface area contributed by atoms with E-state index in [1.165, 1.54) is 17.1 Å². The van der Waals surface area contributed by atoms with Crippen LogP contribution in [0.4, 0.5) is 0 Å². The summed E-state index contributed by atoms with van der Waals surface area (Å²) in [6.07, 6.45) is 2.47. The van der Waals surface area contributed by atoms with Crippen LogP contribution in [0.15, 0.2) is 32.0 Å². The zero-order valence-electron chi connectivity index (χ0n) is 11.2. The molecule has 0 spiro atoms. The van der Waals surface area contributed by atoms with Crippen molar-refractivity contribution < 1.29 is 13.2 Å². The molecule has 1 saturated carbocycles. The van der Waals surface area contributed by atoms with Crippen molar-refractivity contribution in [2.24, 2.45) is 5.92 Å². The Morgan fingerprint density at radius 3 is 2.70 bits per heavy atom. The van der Waals surface area contributed by atoms with E-state index in [4.69, 9.17) is 4.74 Å². The first-order chi connectivity index (χ1) is 9.41. The smallest absolute Gasteiger partial charge is 0.244 e. The lowest BCUT2D eigenvalue weighted by molar-refractivity contribution is 0.117. The molecule has 0 saturated heterocycles. The highest BCUT2D eigenvalue weighted by atomic mass is 79.9. The predicted octanol–water partition coefficient (Wildman–Crippen LogP) is 3.26. The van der Waals surface area contributed by atoms with Crippen molar-refractivity contribution in [2.45, 2.75) is 17.7 Å². The fraction of sp³-hybridized carbons (Fsp3) is 0.538. The molecule has 0 N–H and O–H groups in total. The van der Waals surface area contributed by atoms with Crippen molar-refractivity contribution in [3.63, 3.8) is 0 Å². The van der Waals surface area contributed by atoms with Crippen molar-refractivity contribution in [2.75, 3.05) is 26.8 Å². The number of benzene rings is 1. The van der Waals surface area contributed by atoms with E-state index in [9.17, 15) is 8.42 Å². The summed E-state index contributed by atoms with van der Waals surface area (Å²) in [6.45, 7) is 1.53. The number of ether oxygens (including phenoxy) is 1. The van der Waals surface area contributed by atoms with Gasteiger partial charge >= 0.3 is 0 Å². The summed E-state index contributed by atoms with van der Waals surface area (Å²) in [6, 6.07) is 5.11. The maximum Gasteiger partial charge on any atom is 0.244 e. The second kappa shape index (κ2) is 6.87. The van der Waals surface area contributed by atoms with Gasteiger partial charge in [-0.1, -0.05) is 15.9 Å². The normalized spacial score (nSPS) is 15.8. The van der Waals surface area contributed by atoms with E-state index in [2.05, 4.69) is 31.9 Å². The molecule has 4 nitrogen and oxygen atoms in total. The minimum atomic E-state index is -3.50. The molecule has 1 aromatic rings. The highest BCUT2D eigenvalue weighted by Crippen LogP contribution is 2.29. The average molecular weight is 427 g/mol. The van der Waals surface area contributed by atoms with Crippen LogP contribution in [0.2, 0.25) is 0 Å². The predicted molar refractivity (Wildman–Crippen MR) is 85.2 cm³/mol. The Kier molecular flexibility index (Phi) is 5.64. The van der Waals surface area contributed by atoms with Gasteiger partial charge in [0.05, 0.1) is 11.5 Å². The van der Waals surface area contributed by atoms with Crippen molar-refractivity contribution in [1.29, 1.82) is 0 Å². The number of halogens is 2. The first-order valence-corrected chi connectivity index (χ1v) is 9.43. The van der Waals surface area contributed by atoms with Crippen molar-refractivity contribution in [1.82, 2.24) is 4.31 Å². The molecule has 0 radical (unpaired) electrons. The van der Waals surface area contributed by atoms with Crippen LogP contribution in [-0.4, -0.2) is 39.5 Å². The third-order valence-electron chi connectivity index (χ3n) is 3.18. The minimum Gasteiger partial charge on any atom is -0.380 e. The van der Waals surface area contributed by atoms with E-state index in [0.29, 0.717) is 23.5 Å². The van der Waals surface area contributed by atoms with Crippen LogP contribution in [0, 0.1) is 5.92 Å². The van der Waals surface area contributed by atoms with Gasteiger partial charge in [-0.2, -0.15) is 4.31 Å². The molecule has 0 unspecified atom stereocenters. The molecule has 1 aliphatic carbocycles. The lowest BCUT2D eigenvalue weighted by Crippen LogP contribution is -2.30. The standard InChI is InChI=1S/C13H17Br2NO3S/c1-16(6-7-19-9-10-2-3-10)20(17,18)13-8-11(14)4-5-12(13)15/h4-5,8,10H,2-3,6-7,9H2,1H3. The molecule has 0 amide bonds.